The van der Waals surface area contributed by atoms with E-state index in [4.69, 9.17) is 17.3 Å². The lowest BCUT2D eigenvalue weighted by Gasteiger charge is -2.02. The van der Waals surface area contributed by atoms with Gasteiger partial charge in [-0.2, -0.15) is 4.37 Å². The van der Waals surface area contributed by atoms with E-state index in [1.807, 2.05) is 6.07 Å². The number of amides is 3. The standard InChI is InChI=1S/C10H10ClN5O2S2/c11-6-2-1-5(19-6)4-13-9(18)15-10-14-8(16-20-10)3-7(12)17/h1-2H,3-4H2,(H2,12,17)(H2,13,14,15,16,18). The summed E-state index contributed by atoms with van der Waals surface area (Å²) in [6.07, 6.45) is -0.0481. The summed E-state index contributed by atoms with van der Waals surface area (Å²) in [5.41, 5.74) is 5.03. The molecule has 20 heavy (non-hydrogen) atoms. The number of nitrogens with zero attached hydrogens (tertiary/aromatic N) is 2. The molecule has 0 aromatic carbocycles. The molecule has 3 amide bonds. The zero-order valence-corrected chi connectivity index (χ0v) is 12.4. The molecule has 2 heterocycles. The fraction of sp³-hybridized carbons (Fsp3) is 0.200. The molecule has 0 bridgehead atoms. The number of anilines is 1. The highest BCUT2D eigenvalue weighted by molar-refractivity contribution is 7.16. The van der Waals surface area contributed by atoms with Crippen LogP contribution >= 0.6 is 34.5 Å². The predicted octanol–water partition coefficient (Wildman–Crippen LogP) is 1.60. The summed E-state index contributed by atoms with van der Waals surface area (Å²) in [5, 5.41) is 5.50. The summed E-state index contributed by atoms with van der Waals surface area (Å²) in [4.78, 5) is 27.2. The molecular weight excluding hydrogens is 322 g/mol. The van der Waals surface area contributed by atoms with Crippen LogP contribution in [0.2, 0.25) is 4.34 Å². The van der Waals surface area contributed by atoms with Gasteiger partial charge < -0.3 is 11.1 Å². The Morgan fingerprint density at radius 3 is 2.85 bits per heavy atom. The molecule has 0 fully saturated rings. The summed E-state index contributed by atoms with van der Waals surface area (Å²) in [6.45, 7) is 0.371. The molecule has 0 saturated heterocycles. The second kappa shape index (κ2) is 6.64. The van der Waals surface area contributed by atoms with Crippen LogP contribution in [0.4, 0.5) is 9.93 Å². The van der Waals surface area contributed by atoms with E-state index >= 15 is 0 Å². The van der Waals surface area contributed by atoms with Crippen molar-refractivity contribution < 1.29 is 9.59 Å². The van der Waals surface area contributed by atoms with Crippen LogP contribution in [-0.4, -0.2) is 21.3 Å². The Bertz CT molecular complexity index is 627. The van der Waals surface area contributed by atoms with Gasteiger partial charge in [-0.05, 0) is 12.1 Å². The fourth-order valence-electron chi connectivity index (χ4n) is 1.29. The average molecular weight is 332 g/mol. The van der Waals surface area contributed by atoms with Gasteiger partial charge >= 0.3 is 6.03 Å². The minimum atomic E-state index is -0.520. The van der Waals surface area contributed by atoms with Crippen molar-refractivity contribution in [3.05, 3.63) is 27.2 Å². The number of aromatic nitrogens is 2. The van der Waals surface area contributed by atoms with Gasteiger partial charge in [-0.3, -0.25) is 10.1 Å². The maximum Gasteiger partial charge on any atom is 0.321 e. The van der Waals surface area contributed by atoms with Crippen LogP contribution in [0.5, 0.6) is 0 Å². The number of hydrogen-bond acceptors (Lipinski definition) is 6. The maximum atomic E-state index is 11.6. The highest BCUT2D eigenvalue weighted by Crippen LogP contribution is 2.21. The minimum Gasteiger partial charge on any atom is -0.369 e. The van der Waals surface area contributed by atoms with Gasteiger partial charge in [0.1, 0.15) is 0 Å². The van der Waals surface area contributed by atoms with E-state index in [9.17, 15) is 9.59 Å². The molecular formula is C10H10ClN5O2S2. The summed E-state index contributed by atoms with van der Waals surface area (Å²) in [6, 6.07) is 3.20. The van der Waals surface area contributed by atoms with Gasteiger partial charge in [-0.15, -0.1) is 11.3 Å². The molecule has 0 atom stereocenters. The Hall–Kier alpha value is -1.71. The molecule has 2 aromatic heterocycles. The first-order chi connectivity index (χ1) is 9.52. The zero-order chi connectivity index (χ0) is 14.5. The third-order valence-electron chi connectivity index (χ3n) is 2.07. The van der Waals surface area contributed by atoms with Gasteiger partial charge in [-0.1, -0.05) is 11.6 Å². The number of primary amides is 1. The van der Waals surface area contributed by atoms with E-state index in [-0.39, 0.29) is 6.42 Å². The van der Waals surface area contributed by atoms with Crippen molar-refractivity contribution in [2.75, 3.05) is 5.32 Å². The van der Waals surface area contributed by atoms with Crippen molar-refractivity contribution in [3.63, 3.8) is 0 Å². The molecule has 2 aromatic rings. The van der Waals surface area contributed by atoms with Crippen LogP contribution in [-0.2, 0) is 17.8 Å². The number of nitrogens with two attached hydrogens (primary N) is 1. The smallest absolute Gasteiger partial charge is 0.321 e. The highest BCUT2D eigenvalue weighted by Gasteiger charge is 2.09. The van der Waals surface area contributed by atoms with Gasteiger partial charge in [0.2, 0.25) is 11.0 Å². The minimum absolute atomic E-state index is 0.0481. The van der Waals surface area contributed by atoms with E-state index in [2.05, 4.69) is 20.0 Å². The SMILES string of the molecule is NC(=O)Cc1nsc(NC(=O)NCc2ccc(Cl)s2)n1. The zero-order valence-electron chi connectivity index (χ0n) is 10.1. The molecule has 0 saturated carbocycles. The number of nitrogens with one attached hydrogen (secondary N) is 2. The van der Waals surface area contributed by atoms with E-state index < -0.39 is 11.9 Å². The average Bonchev–Trinajstić information content (AvgIpc) is 2.95. The largest absolute Gasteiger partial charge is 0.369 e. The Morgan fingerprint density at radius 1 is 1.40 bits per heavy atom. The summed E-state index contributed by atoms with van der Waals surface area (Å²) in [5.74, 6) is -0.226. The normalized spacial score (nSPS) is 10.2. The van der Waals surface area contributed by atoms with Crippen LogP contribution in [0.3, 0.4) is 0 Å². The molecule has 7 nitrogen and oxygen atoms in total. The molecule has 0 radical (unpaired) electrons. The molecule has 2 rings (SSSR count). The first-order valence-corrected chi connectivity index (χ1v) is 7.39. The quantitative estimate of drug-likeness (QED) is 0.772. The van der Waals surface area contributed by atoms with Crippen LogP contribution < -0.4 is 16.4 Å². The molecule has 0 spiro atoms. The Labute approximate surface area is 127 Å². The topological polar surface area (TPSA) is 110 Å². The van der Waals surface area contributed by atoms with E-state index in [0.29, 0.717) is 21.8 Å². The summed E-state index contributed by atoms with van der Waals surface area (Å²) < 4.78 is 4.57. The molecule has 4 N–H and O–H groups in total. The number of thiophene rings is 1. The molecule has 106 valence electrons. The number of hydrogen-bond donors (Lipinski definition) is 3. The van der Waals surface area contributed by atoms with E-state index in [0.717, 1.165) is 16.4 Å². The lowest BCUT2D eigenvalue weighted by molar-refractivity contribution is -0.117. The van der Waals surface area contributed by atoms with Crippen molar-refractivity contribution >= 4 is 51.5 Å². The van der Waals surface area contributed by atoms with Gasteiger partial charge in [0.05, 0.1) is 17.3 Å². The van der Waals surface area contributed by atoms with E-state index in [1.54, 1.807) is 6.07 Å². The second-order valence-corrected chi connectivity index (χ2v) is 6.22. The Balaban J connectivity index is 1.82. The van der Waals surface area contributed by atoms with Crippen molar-refractivity contribution in [2.45, 2.75) is 13.0 Å². The fourth-order valence-corrected chi connectivity index (χ4v) is 2.90. The summed E-state index contributed by atoms with van der Waals surface area (Å²) in [7, 11) is 0. The van der Waals surface area contributed by atoms with Gasteiger partial charge in [0.25, 0.3) is 0 Å². The van der Waals surface area contributed by atoms with Gasteiger partial charge in [-0.25, -0.2) is 9.78 Å². The number of urea groups is 1. The van der Waals surface area contributed by atoms with Gasteiger partial charge in [0, 0.05) is 16.4 Å². The summed E-state index contributed by atoms with van der Waals surface area (Å²) >= 11 is 8.17. The Kier molecular flexibility index (Phi) is 4.88. The number of halogens is 1. The third kappa shape index (κ3) is 4.44. The number of carbonyl (C=O) groups is 2. The van der Waals surface area contributed by atoms with Gasteiger partial charge in [0.15, 0.2) is 5.82 Å². The van der Waals surface area contributed by atoms with Crippen molar-refractivity contribution in [1.82, 2.24) is 14.7 Å². The number of carbonyl (C=O) groups excluding carboxylic acids is 2. The predicted molar refractivity (Wildman–Crippen MR) is 78.0 cm³/mol. The lowest BCUT2D eigenvalue weighted by Crippen LogP contribution is -2.27. The first kappa shape index (κ1) is 14.7. The maximum absolute atomic E-state index is 11.6. The van der Waals surface area contributed by atoms with Crippen LogP contribution in [0.25, 0.3) is 0 Å². The van der Waals surface area contributed by atoms with E-state index in [1.165, 1.54) is 11.3 Å². The van der Waals surface area contributed by atoms with Crippen molar-refractivity contribution in [3.8, 4) is 0 Å². The first-order valence-electron chi connectivity index (χ1n) is 5.43. The molecule has 0 aliphatic heterocycles. The van der Waals surface area contributed by atoms with Crippen LogP contribution in [0.1, 0.15) is 10.7 Å². The Morgan fingerprint density at radius 2 is 2.20 bits per heavy atom. The van der Waals surface area contributed by atoms with Crippen molar-refractivity contribution in [1.29, 1.82) is 0 Å². The monoisotopic (exact) mass is 331 g/mol. The van der Waals surface area contributed by atoms with Crippen molar-refractivity contribution in [2.24, 2.45) is 5.73 Å². The molecule has 0 unspecified atom stereocenters. The lowest BCUT2D eigenvalue weighted by atomic mass is 10.4. The highest BCUT2D eigenvalue weighted by atomic mass is 35.5. The molecule has 0 aliphatic carbocycles. The third-order valence-corrected chi connectivity index (χ3v) is 3.97. The second-order valence-electron chi connectivity index (χ2n) is 3.67. The van der Waals surface area contributed by atoms with Crippen LogP contribution in [0, 0.1) is 0 Å². The number of rotatable bonds is 5. The van der Waals surface area contributed by atoms with Crippen LogP contribution in [0.15, 0.2) is 12.1 Å². The molecule has 0 aliphatic rings. The molecule has 10 heteroatoms.